The highest BCUT2D eigenvalue weighted by molar-refractivity contribution is 6.10. The number of phenolic OH excluding ortho intramolecular Hbond substituents is 2. The monoisotopic (exact) mass is 690 g/mol. The van der Waals surface area contributed by atoms with Crippen molar-refractivity contribution in [3.05, 3.63) is 168 Å². The molecule has 0 aliphatic heterocycles. The summed E-state index contributed by atoms with van der Waals surface area (Å²) in [6.45, 7) is 0.409. The van der Waals surface area contributed by atoms with Gasteiger partial charge in [-0.05, 0) is 112 Å². The molecule has 7 rings (SSSR count). The van der Waals surface area contributed by atoms with E-state index < -0.39 is 5.91 Å². The summed E-state index contributed by atoms with van der Waals surface area (Å²) >= 11 is 0. The van der Waals surface area contributed by atoms with Gasteiger partial charge in [0.1, 0.15) is 18.1 Å². The van der Waals surface area contributed by atoms with Gasteiger partial charge < -0.3 is 20.8 Å². The van der Waals surface area contributed by atoms with Gasteiger partial charge in [0.25, 0.3) is 11.8 Å². The lowest BCUT2D eigenvalue weighted by Crippen LogP contribution is -2.13. The van der Waals surface area contributed by atoms with Crippen molar-refractivity contribution < 1.29 is 29.5 Å². The smallest absolute Gasteiger partial charge is 0.259 e. The van der Waals surface area contributed by atoms with E-state index in [9.17, 15) is 19.8 Å². The van der Waals surface area contributed by atoms with E-state index in [1.54, 1.807) is 66.7 Å². The Bertz CT molecular complexity index is 2390. The van der Waals surface area contributed by atoms with Gasteiger partial charge in [-0.25, -0.2) is 0 Å². The second-order valence-corrected chi connectivity index (χ2v) is 12.1. The molecule has 52 heavy (non-hydrogen) atoms. The van der Waals surface area contributed by atoms with Crippen molar-refractivity contribution in [2.24, 2.45) is 0 Å². The third-order valence-electron chi connectivity index (χ3n) is 8.34. The van der Waals surface area contributed by atoms with E-state index in [4.69, 9.17) is 9.68 Å². The van der Waals surface area contributed by atoms with Gasteiger partial charge in [-0.15, -0.1) is 0 Å². The van der Waals surface area contributed by atoms with Crippen molar-refractivity contribution in [1.29, 1.82) is 0 Å². The van der Waals surface area contributed by atoms with Crippen LogP contribution in [0, 0.1) is 0 Å². The molecule has 0 atom stereocenters. The molecule has 2 amide bonds. The predicted molar refractivity (Wildman–Crippen MR) is 203 cm³/mol. The number of para-hydroxylation sites is 2. The van der Waals surface area contributed by atoms with E-state index in [-0.39, 0.29) is 36.2 Å². The number of aromatic hydroxyl groups is 2. The first-order valence-electron chi connectivity index (χ1n) is 16.5. The molecule has 0 bridgehead atoms. The standard InChI is InChI=1S/C42H34N4O6/c47-39-22-28-15-14-27(18-31(28)20-33(39)26-52-45-35-10-5-2-6-11-35)25-51-46-37-13-7-12-36(24-37)44-42(50)38-21-32-19-30(17-16-29(32)23-40(38)48)41(49)43-34-8-3-1-4-9-34/h1-24,45-48H,25-26H2,(H,43,49)(H,44,50). The van der Waals surface area contributed by atoms with Gasteiger partial charge in [-0.3, -0.25) is 30.2 Å². The zero-order valence-electron chi connectivity index (χ0n) is 27.8. The quantitative estimate of drug-likeness (QED) is 0.0698. The Kier molecular flexibility index (Phi) is 9.92. The van der Waals surface area contributed by atoms with Crippen molar-refractivity contribution >= 4 is 56.1 Å². The summed E-state index contributed by atoms with van der Waals surface area (Å²) in [5.74, 6) is -0.835. The van der Waals surface area contributed by atoms with Crippen molar-refractivity contribution in [1.82, 2.24) is 0 Å². The van der Waals surface area contributed by atoms with Crippen LogP contribution in [0.5, 0.6) is 11.5 Å². The molecular formula is C42H34N4O6. The van der Waals surface area contributed by atoms with Gasteiger partial charge in [-0.1, -0.05) is 60.7 Å². The van der Waals surface area contributed by atoms with Crippen LogP contribution in [0.15, 0.2) is 146 Å². The van der Waals surface area contributed by atoms with Crippen LogP contribution in [0.2, 0.25) is 0 Å². The molecule has 7 aromatic carbocycles. The van der Waals surface area contributed by atoms with E-state index in [0.717, 1.165) is 22.0 Å². The topological polar surface area (TPSA) is 141 Å². The number of amides is 2. The number of nitrogens with one attached hydrogen (secondary N) is 4. The van der Waals surface area contributed by atoms with Gasteiger partial charge in [0.15, 0.2) is 0 Å². The molecular weight excluding hydrogens is 656 g/mol. The van der Waals surface area contributed by atoms with E-state index in [1.807, 2.05) is 72.8 Å². The summed E-state index contributed by atoms with van der Waals surface area (Å²) in [6.07, 6.45) is 0. The number of phenols is 2. The maximum Gasteiger partial charge on any atom is 0.259 e. The number of carbonyl (C=O) groups excluding carboxylic acids is 2. The lowest BCUT2D eigenvalue weighted by Gasteiger charge is -2.12. The van der Waals surface area contributed by atoms with Crippen LogP contribution < -0.4 is 21.6 Å². The number of hydrogen-bond acceptors (Lipinski definition) is 8. The predicted octanol–water partition coefficient (Wildman–Crippen LogP) is 9.00. The van der Waals surface area contributed by atoms with Crippen LogP contribution in [0.1, 0.15) is 31.8 Å². The molecule has 0 fully saturated rings. The van der Waals surface area contributed by atoms with Crippen molar-refractivity contribution in [2.45, 2.75) is 13.2 Å². The van der Waals surface area contributed by atoms with Crippen LogP contribution in [-0.4, -0.2) is 22.0 Å². The number of fused-ring (bicyclic) bond motifs is 2. The molecule has 6 N–H and O–H groups in total. The minimum atomic E-state index is -0.514. The highest BCUT2D eigenvalue weighted by Crippen LogP contribution is 2.29. The Morgan fingerprint density at radius 3 is 1.88 bits per heavy atom. The van der Waals surface area contributed by atoms with E-state index in [2.05, 4.69) is 21.6 Å². The van der Waals surface area contributed by atoms with Gasteiger partial charge >= 0.3 is 0 Å². The number of rotatable bonds is 12. The lowest BCUT2D eigenvalue weighted by atomic mass is 10.0. The van der Waals surface area contributed by atoms with Crippen LogP contribution in [0.4, 0.5) is 22.7 Å². The largest absolute Gasteiger partial charge is 0.508 e. The summed E-state index contributed by atoms with van der Waals surface area (Å²) in [6, 6.07) is 43.2. The fraction of sp³-hybridized carbons (Fsp3) is 0.0476. The normalized spacial score (nSPS) is 10.9. The van der Waals surface area contributed by atoms with E-state index >= 15 is 0 Å². The number of carbonyl (C=O) groups is 2. The molecule has 0 saturated heterocycles. The molecule has 7 aromatic rings. The highest BCUT2D eigenvalue weighted by atomic mass is 16.6. The van der Waals surface area contributed by atoms with E-state index in [0.29, 0.717) is 39.0 Å². The second kappa shape index (κ2) is 15.3. The van der Waals surface area contributed by atoms with Crippen LogP contribution in [0.3, 0.4) is 0 Å². The Labute approximate surface area is 299 Å². The summed E-state index contributed by atoms with van der Waals surface area (Å²) in [5, 5.41) is 30.0. The van der Waals surface area contributed by atoms with Gasteiger partial charge in [-0.2, -0.15) is 0 Å². The fourth-order valence-electron chi connectivity index (χ4n) is 5.69. The maximum absolute atomic E-state index is 13.3. The molecule has 0 saturated carbocycles. The summed E-state index contributed by atoms with van der Waals surface area (Å²) < 4.78 is 0. The van der Waals surface area contributed by atoms with Crippen molar-refractivity contribution in [3.8, 4) is 11.5 Å². The molecule has 0 spiro atoms. The maximum atomic E-state index is 13.3. The van der Waals surface area contributed by atoms with Gasteiger partial charge in [0.2, 0.25) is 0 Å². The first-order valence-corrected chi connectivity index (χ1v) is 16.5. The molecule has 0 unspecified atom stereocenters. The molecule has 0 heterocycles. The third-order valence-corrected chi connectivity index (χ3v) is 8.34. The Balaban J connectivity index is 0.968. The molecule has 0 aliphatic rings. The summed E-state index contributed by atoms with van der Waals surface area (Å²) in [4.78, 5) is 37.5. The Hall–Kier alpha value is -6.88. The van der Waals surface area contributed by atoms with Gasteiger partial charge in [0, 0.05) is 22.5 Å². The van der Waals surface area contributed by atoms with Crippen LogP contribution in [-0.2, 0) is 22.9 Å². The SMILES string of the molecule is O=C(Nc1ccccc1)c1ccc2cc(O)c(C(=O)Nc3cccc(NOCc4ccc5cc(O)c(CONc6ccccc6)cc5c4)c3)cc2c1. The third kappa shape index (κ3) is 8.11. The van der Waals surface area contributed by atoms with Crippen molar-refractivity contribution in [2.75, 3.05) is 21.6 Å². The number of hydrogen-bond donors (Lipinski definition) is 6. The Morgan fingerprint density at radius 1 is 0.481 bits per heavy atom. The number of benzene rings is 7. The molecule has 10 heteroatoms. The molecule has 0 aromatic heterocycles. The minimum absolute atomic E-state index is 0.0644. The fourth-order valence-corrected chi connectivity index (χ4v) is 5.69. The number of anilines is 4. The van der Waals surface area contributed by atoms with Crippen molar-refractivity contribution in [3.63, 3.8) is 0 Å². The Morgan fingerprint density at radius 2 is 1.10 bits per heavy atom. The molecule has 10 nitrogen and oxygen atoms in total. The minimum Gasteiger partial charge on any atom is -0.508 e. The summed E-state index contributed by atoms with van der Waals surface area (Å²) in [7, 11) is 0. The summed E-state index contributed by atoms with van der Waals surface area (Å²) in [5.41, 5.74) is 10.4. The molecule has 0 aliphatic carbocycles. The zero-order valence-corrected chi connectivity index (χ0v) is 27.8. The molecule has 0 radical (unpaired) electrons. The average Bonchev–Trinajstić information content (AvgIpc) is 3.15. The average molecular weight is 691 g/mol. The first kappa shape index (κ1) is 33.6. The zero-order chi connectivity index (χ0) is 35.9. The molecule has 258 valence electrons. The second-order valence-electron chi connectivity index (χ2n) is 12.1. The highest BCUT2D eigenvalue weighted by Gasteiger charge is 2.15. The van der Waals surface area contributed by atoms with E-state index in [1.165, 1.54) is 6.07 Å². The first-order chi connectivity index (χ1) is 25.4. The lowest BCUT2D eigenvalue weighted by molar-refractivity contribution is 0.101. The van der Waals surface area contributed by atoms with Crippen LogP contribution in [0.25, 0.3) is 21.5 Å². The van der Waals surface area contributed by atoms with Gasteiger partial charge in [0.05, 0.1) is 23.5 Å². The van der Waals surface area contributed by atoms with Crippen LogP contribution >= 0.6 is 0 Å².